The van der Waals surface area contributed by atoms with Gasteiger partial charge >= 0.3 is 0 Å². The van der Waals surface area contributed by atoms with Crippen molar-refractivity contribution in [2.75, 3.05) is 0 Å². The third-order valence-electron chi connectivity index (χ3n) is 2.36. The third kappa shape index (κ3) is 3.66. The summed E-state index contributed by atoms with van der Waals surface area (Å²) in [6, 6.07) is 11.1. The first-order valence-electron chi connectivity index (χ1n) is 5.48. The summed E-state index contributed by atoms with van der Waals surface area (Å²) in [5.74, 6) is 0.699. The number of nitrogens with zero attached hydrogens (tertiary/aromatic N) is 2. The molecule has 3 nitrogen and oxygen atoms in total. The van der Waals surface area contributed by atoms with E-state index < -0.39 is 0 Å². The number of nitriles is 2. The van der Waals surface area contributed by atoms with Crippen LogP contribution in [0, 0.1) is 22.7 Å². The molecule has 1 atom stereocenters. The number of rotatable bonds is 4. The van der Waals surface area contributed by atoms with Crippen molar-refractivity contribution < 1.29 is 4.74 Å². The fourth-order valence-electron chi connectivity index (χ4n) is 1.25. The van der Waals surface area contributed by atoms with Crippen molar-refractivity contribution in [3.63, 3.8) is 0 Å². The highest BCUT2D eigenvalue weighted by Gasteiger charge is 2.05. The molecule has 0 unspecified atom stereocenters. The van der Waals surface area contributed by atoms with Gasteiger partial charge < -0.3 is 4.74 Å². The number of benzene rings is 1. The van der Waals surface area contributed by atoms with Gasteiger partial charge in [-0.1, -0.05) is 25.1 Å². The van der Waals surface area contributed by atoms with Crippen molar-refractivity contribution in [1.82, 2.24) is 0 Å². The van der Waals surface area contributed by atoms with Gasteiger partial charge in [0.2, 0.25) is 0 Å². The highest BCUT2D eigenvalue weighted by atomic mass is 16.5. The fraction of sp³-hybridized carbons (Fsp3) is 0.286. The number of hydrogen-bond donors (Lipinski definition) is 0. The Balaban J connectivity index is 3.05. The predicted molar refractivity (Wildman–Crippen MR) is 66.0 cm³/mol. The highest BCUT2D eigenvalue weighted by Crippen LogP contribution is 2.22. The number of ether oxygens (including phenoxy) is 1. The van der Waals surface area contributed by atoms with Crippen molar-refractivity contribution in [2.45, 2.75) is 26.4 Å². The van der Waals surface area contributed by atoms with E-state index in [1.165, 1.54) is 6.08 Å². The first kappa shape index (κ1) is 12.8. The van der Waals surface area contributed by atoms with Gasteiger partial charge in [-0.3, -0.25) is 0 Å². The minimum Gasteiger partial charge on any atom is -0.490 e. The van der Waals surface area contributed by atoms with Crippen molar-refractivity contribution in [3.8, 4) is 17.9 Å². The molecule has 0 aliphatic heterocycles. The lowest BCUT2D eigenvalue weighted by atomic mass is 10.1. The molecule has 0 saturated carbocycles. The van der Waals surface area contributed by atoms with Gasteiger partial charge in [0.25, 0.3) is 0 Å². The lowest BCUT2D eigenvalue weighted by Gasteiger charge is -2.14. The van der Waals surface area contributed by atoms with Crippen LogP contribution in [-0.2, 0) is 0 Å². The zero-order valence-corrected chi connectivity index (χ0v) is 9.97. The van der Waals surface area contributed by atoms with E-state index in [0.29, 0.717) is 5.75 Å². The van der Waals surface area contributed by atoms with Gasteiger partial charge in [0.15, 0.2) is 0 Å². The predicted octanol–water partition coefficient (Wildman–Crippen LogP) is 3.29. The van der Waals surface area contributed by atoms with E-state index in [1.54, 1.807) is 0 Å². The summed E-state index contributed by atoms with van der Waals surface area (Å²) in [6.45, 7) is 4.02. The molecule has 86 valence electrons. The Morgan fingerprint density at radius 3 is 2.59 bits per heavy atom. The van der Waals surface area contributed by atoms with E-state index in [9.17, 15) is 0 Å². The summed E-state index contributed by atoms with van der Waals surface area (Å²) in [6.07, 6.45) is 2.55. The monoisotopic (exact) mass is 226 g/mol. The van der Waals surface area contributed by atoms with Crippen LogP contribution in [0.4, 0.5) is 0 Å². The van der Waals surface area contributed by atoms with E-state index in [1.807, 2.05) is 50.3 Å². The molecule has 1 aromatic rings. The summed E-state index contributed by atoms with van der Waals surface area (Å²) in [5.41, 5.74) is 0.830. The second-order valence-electron chi connectivity index (χ2n) is 3.66. The standard InChI is InChI=1S/C14H14N2O/c1-3-11(2)17-14-7-5-4-6-13(14)8-12(9-15)10-16/h4-8,11H,3H2,1-2H3/t11-/m0/s1. The van der Waals surface area contributed by atoms with Crippen LogP contribution in [0.5, 0.6) is 5.75 Å². The Hall–Kier alpha value is -2.26. The van der Waals surface area contributed by atoms with E-state index in [4.69, 9.17) is 15.3 Å². The summed E-state index contributed by atoms with van der Waals surface area (Å²) >= 11 is 0. The molecule has 0 bridgehead atoms. The molecule has 0 amide bonds. The van der Waals surface area contributed by atoms with Gasteiger partial charge in [-0.15, -0.1) is 0 Å². The van der Waals surface area contributed by atoms with Crippen LogP contribution in [0.3, 0.4) is 0 Å². The third-order valence-corrected chi connectivity index (χ3v) is 2.36. The van der Waals surface area contributed by atoms with Crippen LogP contribution in [0.1, 0.15) is 25.8 Å². The Labute approximate surface area is 102 Å². The van der Waals surface area contributed by atoms with Crippen molar-refractivity contribution in [3.05, 3.63) is 35.4 Å². The van der Waals surface area contributed by atoms with E-state index in [2.05, 4.69) is 0 Å². The van der Waals surface area contributed by atoms with E-state index in [-0.39, 0.29) is 11.7 Å². The van der Waals surface area contributed by atoms with Crippen LogP contribution in [0.15, 0.2) is 29.8 Å². The molecule has 0 aliphatic carbocycles. The van der Waals surface area contributed by atoms with Gasteiger partial charge in [0.1, 0.15) is 23.5 Å². The molecular formula is C14H14N2O. The zero-order valence-electron chi connectivity index (χ0n) is 9.97. The van der Waals surface area contributed by atoms with Gasteiger partial charge in [-0.05, 0) is 25.5 Å². The quantitative estimate of drug-likeness (QED) is 0.740. The summed E-state index contributed by atoms with van der Waals surface area (Å²) in [5, 5.41) is 17.4. The molecule has 0 heterocycles. The van der Waals surface area contributed by atoms with E-state index >= 15 is 0 Å². The van der Waals surface area contributed by atoms with Crippen molar-refractivity contribution in [1.29, 1.82) is 10.5 Å². The maximum atomic E-state index is 8.72. The van der Waals surface area contributed by atoms with Crippen molar-refractivity contribution in [2.24, 2.45) is 0 Å². The highest BCUT2D eigenvalue weighted by molar-refractivity contribution is 5.66. The second-order valence-corrected chi connectivity index (χ2v) is 3.66. The number of hydrogen-bond acceptors (Lipinski definition) is 3. The zero-order chi connectivity index (χ0) is 12.7. The Bertz CT molecular complexity index is 476. The molecule has 0 fully saturated rings. The lowest BCUT2D eigenvalue weighted by Crippen LogP contribution is -2.10. The minimum absolute atomic E-state index is 0.0743. The second kappa shape index (κ2) is 6.35. The number of allylic oxidation sites excluding steroid dienone is 1. The minimum atomic E-state index is 0.0743. The fourth-order valence-corrected chi connectivity index (χ4v) is 1.25. The summed E-state index contributed by atoms with van der Waals surface area (Å²) in [4.78, 5) is 0. The Morgan fingerprint density at radius 1 is 1.35 bits per heavy atom. The molecule has 1 rings (SSSR count). The Morgan fingerprint density at radius 2 is 2.00 bits per heavy atom. The van der Waals surface area contributed by atoms with Gasteiger partial charge in [-0.25, -0.2) is 0 Å². The first-order valence-corrected chi connectivity index (χ1v) is 5.48. The molecule has 0 N–H and O–H groups in total. The topological polar surface area (TPSA) is 56.8 Å². The first-order chi connectivity index (χ1) is 8.21. The normalized spacial score (nSPS) is 10.8. The van der Waals surface area contributed by atoms with Crippen LogP contribution >= 0.6 is 0 Å². The van der Waals surface area contributed by atoms with Crippen molar-refractivity contribution >= 4 is 6.08 Å². The molecular weight excluding hydrogens is 212 g/mol. The largest absolute Gasteiger partial charge is 0.490 e. The van der Waals surface area contributed by atoms with Gasteiger partial charge in [0.05, 0.1) is 6.10 Å². The average Bonchev–Trinajstić information content (AvgIpc) is 2.37. The van der Waals surface area contributed by atoms with Crippen LogP contribution in [0.25, 0.3) is 6.08 Å². The molecule has 3 heteroatoms. The maximum Gasteiger partial charge on any atom is 0.130 e. The number of para-hydroxylation sites is 1. The molecule has 0 aromatic heterocycles. The SMILES string of the molecule is CC[C@H](C)Oc1ccccc1C=C(C#N)C#N. The molecule has 0 aliphatic rings. The maximum absolute atomic E-state index is 8.72. The molecule has 0 radical (unpaired) electrons. The molecule has 0 saturated heterocycles. The van der Waals surface area contributed by atoms with E-state index in [0.717, 1.165) is 12.0 Å². The Kier molecular flexibility index (Phi) is 4.78. The lowest BCUT2D eigenvalue weighted by molar-refractivity contribution is 0.217. The average molecular weight is 226 g/mol. The smallest absolute Gasteiger partial charge is 0.130 e. The molecule has 0 spiro atoms. The molecule has 17 heavy (non-hydrogen) atoms. The van der Waals surface area contributed by atoms with Crippen LogP contribution in [-0.4, -0.2) is 6.10 Å². The van der Waals surface area contributed by atoms with Gasteiger partial charge in [0, 0.05) is 5.56 Å². The summed E-state index contributed by atoms with van der Waals surface area (Å²) in [7, 11) is 0. The molecule has 1 aromatic carbocycles. The van der Waals surface area contributed by atoms with Crippen LogP contribution < -0.4 is 4.74 Å². The van der Waals surface area contributed by atoms with Crippen LogP contribution in [0.2, 0.25) is 0 Å². The summed E-state index contributed by atoms with van der Waals surface area (Å²) < 4.78 is 5.72. The van der Waals surface area contributed by atoms with Gasteiger partial charge in [-0.2, -0.15) is 10.5 Å².